The van der Waals surface area contributed by atoms with Gasteiger partial charge in [-0.05, 0) is 64.7 Å². The van der Waals surface area contributed by atoms with Gasteiger partial charge in [0, 0.05) is 17.2 Å². The molecule has 0 heterocycles. The molecule has 4 unspecified atom stereocenters. The van der Waals surface area contributed by atoms with Gasteiger partial charge in [-0.2, -0.15) is 0 Å². The van der Waals surface area contributed by atoms with E-state index in [1.807, 2.05) is 30.3 Å². The lowest BCUT2D eigenvalue weighted by Gasteiger charge is -2.26. The second-order valence-electron chi connectivity index (χ2n) is 10.9. The quantitative estimate of drug-likeness (QED) is 0.0577. The predicted molar refractivity (Wildman–Crippen MR) is 166 cm³/mol. The van der Waals surface area contributed by atoms with Gasteiger partial charge in [0.1, 0.15) is 5.75 Å². The van der Waals surface area contributed by atoms with Crippen molar-refractivity contribution in [2.24, 2.45) is 0 Å². The molecule has 4 atom stereocenters. The molecule has 0 radical (unpaired) electrons. The van der Waals surface area contributed by atoms with Crippen molar-refractivity contribution in [3.63, 3.8) is 0 Å². The topological polar surface area (TPSA) is 107 Å². The second-order valence-corrected chi connectivity index (χ2v) is 13.0. The summed E-state index contributed by atoms with van der Waals surface area (Å²) in [5.41, 5.74) is 1.93. The van der Waals surface area contributed by atoms with E-state index in [-0.39, 0.29) is 12.2 Å². The SMILES string of the molecule is CCCCCCCCC(c1ccc(OC(=O)CCc2ccccc2)c(C(CCCCCCCC)S(=O)[O-])c1)S(=O)[O-]. The van der Waals surface area contributed by atoms with Crippen molar-refractivity contribution in [3.05, 3.63) is 65.2 Å². The summed E-state index contributed by atoms with van der Waals surface area (Å²) in [7, 11) is 0. The maximum Gasteiger partial charge on any atom is 0.311 e. The van der Waals surface area contributed by atoms with Crippen LogP contribution in [-0.4, -0.2) is 23.5 Å². The first-order valence-corrected chi connectivity index (χ1v) is 17.7. The van der Waals surface area contributed by atoms with Crippen LogP contribution < -0.4 is 4.74 Å². The van der Waals surface area contributed by atoms with Gasteiger partial charge < -0.3 is 13.8 Å². The van der Waals surface area contributed by atoms with Gasteiger partial charge in [-0.25, -0.2) is 0 Å². The Balaban J connectivity index is 2.24. The Morgan fingerprint density at radius 2 is 1.27 bits per heavy atom. The number of ether oxygens (including phenoxy) is 1. The molecule has 0 fully saturated rings. The number of unbranched alkanes of at least 4 members (excludes halogenated alkanes) is 10. The summed E-state index contributed by atoms with van der Waals surface area (Å²) < 4.78 is 55.2. The molecular weight excluding hydrogens is 556 g/mol. The van der Waals surface area contributed by atoms with Crippen LogP contribution in [0.2, 0.25) is 0 Å². The van der Waals surface area contributed by atoms with E-state index in [2.05, 4.69) is 13.8 Å². The summed E-state index contributed by atoms with van der Waals surface area (Å²) in [5.74, 6) is -0.254. The molecule has 0 aliphatic carbocycles. The first kappa shape index (κ1) is 35.3. The summed E-state index contributed by atoms with van der Waals surface area (Å²) in [4.78, 5) is 12.8. The molecule has 0 N–H and O–H groups in total. The van der Waals surface area contributed by atoms with Gasteiger partial charge >= 0.3 is 5.97 Å². The van der Waals surface area contributed by atoms with Crippen molar-refractivity contribution in [1.82, 2.24) is 0 Å². The van der Waals surface area contributed by atoms with Crippen LogP contribution in [0.3, 0.4) is 0 Å². The number of carbonyl (C=O) groups excluding carboxylic acids is 1. The third-order valence-electron chi connectivity index (χ3n) is 7.54. The van der Waals surface area contributed by atoms with E-state index in [4.69, 9.17) is 4.74 Å². The summed E-state index contributed by atoms with van der Waals surface area (Å²) in [6, 6.07) is 14.5. The van der Waals surface area contributed by atoms with Crippen LogP contribution >= 0.6 is 0 Å². The van der Waals surface area contributed by atoms with Crippen molar-refractivity contribution < 1.29 is 27.1 Å². The molecule has 0 aliphatic rings. The fraction of sp³-hybridized carbons (Fsp3) is 0.606. The van der Waals surface area contributed by atoms with Crippen LogP contribution in [0.1, 0.15) is 137 Å². The molecule has 0 aliphatic heterocycles. The average molecular weight is 605 g/mol. The lowest BCUT2D eigenvalue weighted by Crippen LogP contribution is -2.15. The maximum absolute atomic E-state index is 12.8. The Morgan fingerprint density at radius 1 is 0.732 bits per heavy atom. The van der Waals surface area contributed by atoms with Crippen LogP contribution in [-0.2, 0) is 33.4 Å². The summed E-state index contributed by atoms with van der Waals surface area (Å²) in [5, 5.41) is -1.62. The lowest BCUT2D eigenvalue weighted by molar-refractivity contribution is -0.134. The monoisotopic (exact) mass is 604 g/mol. The summed E-state index contributed by atoms with van der Waals surface area (Å²) in [6.45, 7) is 4.31. The molecule has 2 aromatic carbocycles. The molecular formula is C33H48O6S2-2. The van der Waals surface area contributed by atoms with Crippen molar-refractivity contribution in [2.75, 3.05) is 0 Å². The predicted octanol–water partition coefficient (Wildman–Crippen LogP) is 8.57. The molecule has 8 heteroatoms. The standard InChI is InChI=1S/C33H50O6S2/c1-3-5-7-9-11-16-20-31(40(35)36)28-23-24-30(39-33(34)25-22-27-18-14-13-15-19-27)29(26-28)32(41(37)38)21-17-12-10-8-6-4-2/h13-15,18-19,23-24,26,31-32H,3-12,16-17,20-22,25H2,1-2H3,(H,35,36)(H,37,38)/p-2. The van der Waals surface area contributed by atoms with E-state index in [9.17, 15) is 22.3 Å². The second kappa shape index (κ2) is 20.9. The molecule has 230 valence electrons. The van der Waals surface area contributed by atoms with Gasteiger partial charge in [-0.1, -0.05) is 127 Å². The van der Waals surface area contributed by atoms with Gasteiger partial charge in [0.25, 0.3) is 0 Å². The lowest BCUT2D eigenvalue weighted by atomic mass is 9.98. The third kappa shape index (κ3) is 13.8. The van der Waals surface area contributed by atoms with Gasteiger partial charge in [-0.3, -0.25) is 13.2 Å². The minimum absolute atomic E-state index is 0.152. The van der Waals surface area contributed by atoms with Crippen molar-refractivity contribution >= 4 is 28.1 Å². The molecule has 2 rings (SSSR count). The van der Waals surface area contributed by atoms with E-state index in [0.29, 0.717) is 30.4 Å². The minimum atomic E-state index is -2.46. The highest BCUT2D eigenvalue weighted by molar-refractivity contribution is 7.79. The number of hydrogen-bond acceptors (Lipinski definition) is 6. The van der Waals surface area contributed by atoms with Gasteiger partial charge in [0.05, 0.1) is 5.25 Å². The maximum atomic E-state index is 12.8. The Hall–Kier alpha value is -1.87. The van der Waals surface area contributed by atoms with Gasteiger partial charge in [0.15, 0.2) is 0 Å². The fourth-order valence-electron chi connectivity index (χ4n) is 5.13. The van der Waals surface area contributed by atoms with E-state index < -0.39 is 38.6 Å². The van der Waals surface area contributed by atoms with E-state index in [1.54, 1.807) is 18.2 Å². The zero-order chi connectivity index (χ0) is 29.9. The van der Waals surface area contributed by atoms with Gasteiger partial charge in [0.2, 0.25) is 0 Å². The van der Waals surface area contributed by atoms with Crippen molar-refractivity contribution in [3.8, 4) is 5.75 Å². The molecule has 41 heavy (non-hydrogen) atoms. The highest BCUT2D eigenvalue weighted by Gasteiger charge is 2.22. The molecule has 0 aromatic heterocycles. The number of hydrogen-bond donors (Lipinski definition) is 0. The highest BCUT2D eigenvalue weighted by Crippen LogP contribution is 2.37. The van der Waals surface area contributed by atoms with Crippen LogP contribution in [0.25, 0.3) is 0 Å². The molecule has 0 spiro atoms. The largest absolute Gasteiger partial charge is 0.772 e. The summed E-state index contributed by atoms with van der Waals surface area (Å²) >= 11 is -4.82. The zero-order valence-corrected chi connectivity index (χ0v) is 26.5. The first-order valence-electron chi connectivity index (χ1n) is 15.4. The smallest absolute Gasteiger partial charge is 0.311 e. The summed E-state index contributed by atoms with van der Waals surface area (Å²) in [6.07, 6.45) is 13.9. The zero-order valence-electron chi connectivity index (χ0n) is 24.9. The molecule has 6 nitrogen and oxygen atoms in total. The van der Waals surface area contributed by atoms with E-state index in [0.717, 1.165) is 76.2 Å². The first-order chi connectivity index (χ1) is 19.9. The Labute approximate surface area is 252 Å². The van der Waals surface area contributed by atoms with Crippen molar-refractivity contribution in [1.29, 1.82) is 0 Å². The normalized spacial score (nSPS) is 14.3. The third-order valence-corrected chi connectivity index (χ3v) is 9.47. The number of esters is 1. The Kier molecular flexibility index (Phi) is 18.0. The number of rotatable bonds is 22. The molecule has 0 saturated heterocycles. The number of carbonyl (C=O) groups is 1. The van der Waals surface area contributed by atoms with Crippen molar-refractivity contribution in [2.45, 2.75) is 127 Å². The van der Waals surface area contributed by atoms with Crippen LogP contribution in [0.5, 0.6) is 5.75 Å². The van der Waals surface area contributed by atoms with Crippen LogP contribution in [0.15, 0.2) is 48.5 Å². The molecule has 0 bridgehead atoms. The van der Waals surface area contributed by atoms with Crippen LogP contribution in [0.4, 0.5) is 0 Å². The van der Waals surface area contributed by atoms with E-state index in [1.165, 1.54) is 6.42 Å². The van der Waals surface area contributed by atoms with Gasteiger partial charge in [-0.15, -0.1) is 0 Å². The fourth-order valence-corrected chi connectivity index (χ4v) is 6.60. The molecule has 0 amide bonds. The minimum Gasteiger partial charge on any atom is -0.772 e. The average Bonchev–Trinajstić information content (AvgIpc) is 2.96. The highest BCUT2D eigenvalue weighted by atomic mass is 32.2. The molecule has 0 saturated carbocycles. The Bertz CT molecular complexity index is 1060. The number of benzene rings is 2. The molecule has 2 aromatic rings. The van der Waals surface area contributed by atoms with E-state index >= 15 is 0 Å². The Morgan fingerprint density at radius 3 is 1.83 bits per heavy atom. The van der Waals surface area contributed by atoms with Crippen LogP contribution in [0, 0.1) is 0 Å². The number of aryl methyl sites for hydroxylation is 1.